The number of nitrogens with zero attached hydrogens (tertiary/aromatic N) is 2. The van der Waals surface area contributed by atoms with Crippen LogP contribution in [0.25, 0.3) is 11.0 Å². The number of imide groups is 2. The number of amides is 5. The summed E-state index contributed by atoms with van der Waals surface area (Å²) in [7, 11) is 0. The fourth-order valence-corrected chi connectivity index (χ4v) is 6.13. The third-order valence-corrected chi connectivity index (χ3v) is 7.87. The summed E-state index contributed by atoms with van der Waals surface area (Å²) in [5.74, 6) is -2.86. The number of morpholine rings is 1. The van der Waals surface area contributed by atoms with Crippen LogP contribution in [0.3, 0.4) is 0 Å². The molecule has 36 heavy (non-hydrogen) atoms. The van der Waals surface area contributed by atoms with Gasteiger partial charge < -0.3 is 19.5 Å². The van der Waals surface area contributed by atoms with E-state index in [1.54, 1.807) is 11.8 Å². The molecule has 1 aromatic carbocycles. The highest BCUT2D eigenvalue weighted by atomic mass is 32.1. The molecular formula is C23H20FN5O6S. The van der Waals surface area contributed by atoms with E-state index in [0.29, 0.717) is 5.56 Å². The lowest BCUT2D eigenvalue weighted by atomic mass is 9.66. The third-order valence-electron chi connectivity index (χ3n) is 7.00. The Labute approximate surface area is 206 Å². The van der Waals surface area contributed by atoms with Crippen molar-refractivity contribution in [3.05, 3.63) is 45.5 Å². The van der Waals surface area contributed by atoms with E-state index < -0.39 is 47.1 Å². The van der Waals surface area contributed by atoms with Crippen molar-refractivity contribution in [3.63, 3.8) is 0 Å². The summed E-state index contributed by atoms with van der Waals surface area (Å²) in [6.07, 6.45) is -0.837. The molecule has 2 saturated heterocycles. The summed E-state index contributed by atoms with van der Waals surface area (Å²) in [5.41, 5.74) is -1.58. The van der Waals surface area contributed by atoms with Gasteiger partial charge in [0.05, 0.1) is 36.4 Å². The predicted octanol–water partition coefficient (Wildman–Crippen LogP) is 1.46. The van der Waals surface area contributed by atoms with Crippen molar-refractivity contribution in [2.24, 2.45) is 5.41 Å². The molecule has 5 amide bonds. The quantitative estimate of drug-likeness (QED) is 0.447. The standard InChI is InChI=1S/C23H20FN5O6S/c1-10-18-23(20(31)26-22(33)27-21(23)32)8-11-7-13-15(19(30)25-9-12-3-2-6-36-12)28-35-17(13)14(24)16(11)29(18)4-5-34-10/h2-3,6-7,10,18H,4-5,8-9H2,1H3,(H,25,30)(H2,26,27,31,32,33)/t10-,18+/m0/s1. The van der Waals surface area contributed by atoms with Crippen LogP contribution in [0.2, 0.25) is 0 Å². The van der Waals surface area contributed by atoms with Crippen LogP contribution in [0.5, 0.6) is 0 Å². The molecule has 13 heteroatoms. The summed E-state index contributed by atoms with van der Waals surface area (Å²) in [4.78, 5) is 53.7. The van der Waals surface area contributed by atoms with Crippen molar-refractivity contribution in [3.8, 4) is 0 Å². The number of thiophene rings is 1. The number of barbiturate groups is 1. The minimum atomic E-state index is -1.75. The van der Waals surface area contributed by atoms with Crippen LogP contribution in [-0.2, 0) is 27.3 Å². The summed E-state index contributed by atoms with van der Waals surface area (Å²) >= 11 is 1.48. The van der Waals surface area contributed by atoms with Gasteiger partial charge >= 0.3 is 6.03 Å². The first-order valence-corrected chi connectivity index (χ1v) is 12.2. The Hall–Kier alpha value is -3.84. The molecule has 0 unspecified atom stereocenters. The van der Waals surface area contributed by atoms with E-state index in [2.05, 4.69) is 21.1 Å². The lowest BCUT2D eigenvalue weighted by molar-refractivity contribution is -0.151. The number of fused-ring (bicyclic) bond motifs is 5. The molecule has 0 aliphatic carbocycles. The number of urea groups is 1. The fraction of sp³-hybridized carbons (Fsp3) is 0.348. The van der Waals surface area contributed by atoms with Gasteiger partial charge in [-0.1, -0.05) is 11.2 Å². The molecule has 3 aliphatic heterocycles. The van der Waals surface area contributed by atoms with E-state index in [1.165, 1.54) is 17.4 Å². The van der Waals surface area contributed by atoms with Gasteiger partial charge in [-0.25, -0.2) is 9.18 Å². The number of anilines is 1. The van der Waals surface area contributed by atoms with Gasteiger partial charge in [0.15, 0.2) is 16.9 Å². The molecule has 6 rings (SSSR count). The van der Waals surface area contributed by atoms with Crippen molar-refractivity contribution in [1.82, 2.24) is 21.1 Å². The van der Waals surface area contributed by atoms with Gasteiger partial charge in [-0.2, -0.15) is 0 Å². The Bertz CT molecular complexity index is 1420. The maximum Gasteiger partial charge on any atom is 0.328 e. The van der Waals surface area contributed by atoms with E-state index in [-0.39, 0.29) is 48.5 Å². The van der Waals surface area contributed by atoms with Crippen LogP contribution in [-0.4, -0.2) is 54.2 Å². The van der Waals surface area contributed by atoms with Crippen molar-refractivity contribution >= 4 is 51.7 Å². The fourth-order valence-electron chi connectivity index (χ4n) is 5.49. The van der Waals surface area contributed by atoms with Crippen LogP contribution in [0.15, 0.2) is 28.1 Å². The summed E-state index contributed by atoms with van der Waals surface area (Å²) in [6, 6.07) is 3.46. The molecule has 0 radical (unpaired) electrons. The normalized spacial score (nSPS) is 22.7. The minimum absolute atomic E-state index is 0.109. The first-order chi connectivity index (χ1) is 17.3. The van der Waals surface area contributed by atoms with Crippen LogP contribution in [0.4, 0.5) is 14.9 Å². The molecule has 1 spiro atoms. The third kappa shape index (κ3) is 3.15. The Morgan fingerprint density at radius 1 is 1.33 bits per heavy atom. The number of carbonyl (C=O) groups is 4. The first kappa shape index (κ1) is 22.6. The van der Waals surface area contributed by atoms with Gasteiger partial charge in [-0.05, 0) is 30.0 Å². The molecular weight excluding hydrogens is 493 g/mol. The number of halogens is 1. The molecule has 3 aromatic rings. The number of nitrogens with one attached hydrogen (secondary N) is 3. The monoisotopic (exact) mass is 513 g/mol. The van der Waals surface area contributed by atoms with Crippen molar-refractivity contribution < 1.29 is 32.8 Å². The van der Waals surface area contributed by atoms with Crippen LogP contribution in [0, 0.1) is 11.2 Å². The zero-order valence-electron chi connectivity index (χ0n) is 18.9. The number of ether oxygens (including phenoxy) is 1. The number of benzene rings is 1. The number of hydrogen-bond donors (Lipinski definition) is 3. The van der Waals surface area contributed by atoms with Crippen LogP contribution >= 0.6 is 11.3 Å². The highest BCUT2D eigenvalue weighted by Gasteiger charge is 2.62. The van der Waals surface area contributed by atoms with Gasteiger partial charge in [0.25, 0.3) is 5.91 Å². The van der Waals surface area contributed by atoms with Gasteiger partial charge in [0, 0.05) is 17.8 Å². The van der Waals surface area contributed by atoms with Crippen molar-refractivity contribution in [1.29, 1.82) is 0 Å². The molecule has 2 atom stereocenters. The lowest BCUT2D eigenvalue weighted by Crippen LogP contribution is -2.74. The zero-order valence-corrected chi connectivity index (χ0v) is 19.7. The Kier molecular flexibility index (Phi) is 5.09. The van der Waals surface area contributed by atoms with Crippen LogP contribution in [0.1, 0.15) is 27.9 Å². The second-order valence-electron chi connectivity index (χ2n) is 8.97. The van der Waals surface area contributed by atoms with Crippen LogP contribution < -0.4 is 20.9 Å². The Morgan fingerprint density at radius 2 is 2.11 bits per heavy atom. The number of hydrogen-bond acceptors (Lipinski definition) is 9. The Morgan fingerprint density at radius 3 is 2.83 bits per heavy atom. The Balaban J connectivity index is 1.47. The maximum atomic E-state index is 15.9. The molecule has 2 fully saturated rings. The molecule has 3 aliphatic rings. The van der Waals surface area contributed by atoms with Gasteiger partial charge in [-0.3, -0.25) is 25.0 Å². The molecule has 11 nitrogen and oxygen atoms in total. The average molecular weight is 514 g/mol. The van der Waals surface area contributed by atoms with Gasteiger partial charge in [0.2, 0.25) is 17.4 Å². The number of carbonyl (C=O) groups excluding carboxylic acids is 4. The predicted molar refractivity (Wildman–Crippen MR) is 124 cm³/mol. The van der Waals surface area contributed by atoms with Crippen molar-refractivity contribution in [2.75, 3.05) is 18.1 Å². The molecule has 3 N–H and O–H groups in total. The van der Waals surface area contributed by atoms with E-state index in [1.807, 2.05) is 17.5 Å². The second kappa shape index (κ2) is 8.10. The van der Waals surface area contributed by atoms with Gasteiger partial charge in [0.1, 0.15) is 0 Å². The minimum Gasteiger partial charge on any atom is -0.374 e. The lowest BCUT2D eigenvalue weighted by Gasteiger charge is -2.54. The number of rotatable bonds is 3. The summed E-state index contributed by atoms with van der Waals surface area (Å²) in [6.45, 7) is 2.40. The maximum absolute atomic E-state index is 15.9. The van der Waals surface area contributed by atoms with E-state index in [4.69, 9.17) is 9.26 Å². The zero-order chi connectivity index (χ0) is 25.2. The molecule has 0 saturated carbocycles. The van der Waals surface area contributed by atoms with E-state index >= 15 is 4.39 Å². The molecule has 5 heterocycles. The van der Waals surface area contributed by atoms with Gasteiger partial charge in [-0.15, -0.1) is 11.3 Å². The highest BCUT2D eigenvalue weighted by Crippen LogP contribution is 2.48. The topological polar surface area (TPSA) is 143 Å². The highest BCUT2D eigenvalue weighted by molar-refractivity contribution is 7.09. The summed E-state index contributed by atoms with van der Waals surface area (Å²) < 4.78 is 26.9. The number of aromatic nitrogens is 1. The smallest absolute Gasteiger partial charge is 0.328 e. The van der Waals surface area contributed by atoms with Crippen molar-refractivity contribution in [2.45, 2.75) is 32.0 Å². The average Bonchev–Trinajstić information content (AvgIpc) is 3.51. The molecule has 2 aromatic heterocycles. The molecule has 186 valence electrons. The SMILES string of the molecule is C[C@@H]1OCCN2c3c(cc4c(C(=O)NCc5cccs5)noc4c3F)CC3(C(=O)NC(=O)NC3=O)[C@@H]12. The second-order valence-corrected chi connectivity index (χ2v) is 10.0. The van der Waals surface area contributed by atoms with E-state index in [9.17, 15) is 19.2 Å². The molecule has 0 bridgehead atoms. The summed E-state index contributed by atoms with van der Waals surface area (Å²) in [5, 5.41) is 12.9. The first-order valence-electron chi connectivity index (χ1n) is 11.3. The van der Waals surface area contributed by atoms with E-state index in [0.717, 1.165) is 4.88 Å². The largest absolute Gasteiger partial charge is 0.374 e.